The lowest BCUT2D eigenvalue weighted by molar-refractivity contribution is 0.0780. The van der Waals surface area contributed by atoms with Crippen molar-refractivity contribution in [1.82, 2.24) is 10.2 Å². The Hall–Kier alpha value is -1.01. The van der Waals surface area contributed by atoms with Gasteiger partial charge in [0.05, 0.1) is 0 Å². The lowest BCUT2D eigenvalue weighted by Gasteiger charge is -2.17. The fourth-order valence-corrected chi connectivity index (χ4v) is 2.49. The van der Waals surface area contributed by atoms with Crippen LogP contribution in [-0.4, -0.2) is 37.0 Å². The van der Waals surface area contributed by atoms with Gasteiger partial charge in [0, 0.05) is 23.6 Å². The SMILES string of the molecule is CNC1CCN(C(=O)c2c(F)cc(Br)cc2F)C1. The molecule has 1 heterocycles. The Morgan fingerprint density at radius 1 is 1.44 bits per heavy atom. The van der Waals surface area contributed by atoms with Gasteiger partial charge < -0.3 is 10.2 Å². The van der Waals surface area contributed by atoms with E-state index in [-0.39, 0.29) is 10.5 Å². The predicted octanol–water partition coefficient (Wildman–Crippen LogP) is 2.16. The quantitative estimate of drug-likeness (QED) is 0.906. The van der Waals surface area contributed by atoms with Gasteiger partial charge in [0.15, 0.2) is 0 Å². The Morgan fingerprint density at radius 3 is 2.56 bits per heavy atom. The monoisotopic (exact) mass is 318 g/mol. The van der Waals surface area contributed by atoms with Crippen molar-refractivity contribution in [3.8, 4) is 0 Å². The predicted molar refractivity (Wildman–Crippen MR) is 67.4 cm³/mol. The third-order valence-electron chi connectivity index (χ3n) is 3.10. The van der Waals surface area contributed by atoms with E-state index in [0.29, 0.717) is 13.1 Å². The summed E-state index contributed by atoms with van der Waals surface area (Å²) in [5.41, 5.74) is -0.477. The number of carbonyl (C=O) groups is 1. The minimum absolute atomic E-state index is 0.190. The minimum atomic E-state index is -0.834. The molecule has 1 aliphatic heterocycles. The second kappa shape index (κ2) is 5.32. The molecule has 1 saturated heterocycles. The molecule has 1 aliphatic rings. The van der Waals surface area contributed by atoms with Gasteiger partial charge in [-0.15, -0.1) is 0 Å². The Kier molecular flexibility index (Phi) is 3.97. The van der Waals surface area contributed by atoms with Crippen molar-refractivity contribution in [1.29, 1.82) is 0 Å². The maximum Gasteiger partial charge on any atom is 0.259 e. The highest BCUT2D eigenvalue weighted by Gasteiger charge is 2.29. The molecular weight excluding hydrogens is 306 g/mol. The molecule has 0 aliphatic carbocycles. The number of hydrogen-bond donors (Lipinski definition) is 1. The maximum atomic E-state index is 13.7. The standard InChI is InChI=1S/C12H13BrF2N2O/c1-16-8-2-3-17(6-8)12(18)11-9(14)4-7(13)5-10(11)15/h4-5,8,16H,2-3,6H2,1H3. The van der Waals surface area contributed by atoms with Crippen LogP contribution in [0.1, 0.15) is 16.8 Å². The third kappa shape index (κ3) is 2.54. The molecule has 0 bridgehead atoms. The van der Waals surface area contributed by atoms with Gasteiger partial charge in [-0.2, -0.15) is 0 Å². The summed E-state index contributed by atoms with van der Waals surface area (Å²) >= 11 is 2.99. The highest BCUT2D eigenvalue weighted by molar-refractivity contribution is 9.10. The molecule has 1 amide bonds. The zero-order chi connectivity index (χ0) is 13.3. The summed E-state index contributed by atoms with van der Waals surface area (Å²) in [7, 11) is 1.80. The average molecular weight is 319 g/mol. The van der Waals surface area contributed by atoms with Crippen molar-refractivity contribution >= 4 is 21.8 Å². The van der Waals surface area contributed by atoms with Crippen LogP contribution in [0.4, 0.5) is 8.78 Å². The van der Waals surface area contributed by atoms with E-state index in [4.69, 9.17) is 0 Å². The van der Waals surface area contributed by atoms with Gasteiger partial charge in [0.1, 0.15) is 17.2 Å². The molecule has 1 aromatic carbocycles. The van der Waals surface area contributed by atoms with Gasteiger partial charge in [0.2, 0.25) is 0 Å². The zero-order valence-corrected chi connectivity index (χ0v) is 11.4. The summed E-state index contributed by atoms with van der Waals surface area (Å²) in [5, 5.41) is 3.05. The fraction of sp³-hybridized carbons (Fsp3) is 0.417. The van der Waals surface area contributed by atoms with Crippen LogP contribution >= 0.6 is 15.9 Å². The van der Waals surface area contributed by atoms with E-state index in [2.05, 4.69) is 21.2 Å². The molecule has 1 fully saturated rings. The number of likely N-dealkylation sites (tertiary alicyclic amines) is 1. The number of halogens is 3. The Bertz CT molecular complexity index is 458. The van der Waals surface area contributed by atoms with Crippen molar-refractivity contribution in [2.45, 2.75) is 12.5 Å². The zero-order valence-electron chi connectivity index (χ0n) is 9.84. The highest BCUT2D eigenvalue weighted by atomic mass is 79.9. The molecule has 1 atom stereocenters. The molecule has 0 aromatic heterocycles. The van der Waals surface area contributed by atoms with Crippen molar-refractivity contribution in [2.24, 2.45) is 0 Å². The number of carbonyl (C=O) groups excluding carboxylic acids is 1. The second-order valence-corrected chi connectivity index (χ2v) is 5.19. The maximum absolute atomic E-state index is 13.7. The van der Waals surface area contributed by atoms with Crippen LogP contribution in [0.5, 0.6) is 0 Å². The highest BCUT2D eigenvalue weighted by Crippen LogP contribution is 2.22. The molecule has 1 N–H and O–H groups in total. The number of hydrogen-bond acceptors (Lipinski definition) is 2. The number of amides is 1. The van der Waals surface area contributed by atoms with Crippen LogP contribution in [0.15, 0.2) is 16.6 Å². The van der Waals surface area contributed by atoms with Crippen molar-refractivity contribution in [3.63, 3.8) is 0 Å². The van der Waals surface area contributed by atoms with E-state index in [1.54, 1.807) is 7.05 Å². The van der Waals surface area contributed by atoms with Gasteiger partial charge in [-0.3, -0.25) is 4.79 Å². The van der Waals surface area contributed by atoms with E-state index >= 15 is 0 Å². The van der Waals surface area contributed by atoms with Crippen molar-refractivity contribution in [2.75, 3.05) is 20.1 Å². The summed E-state index contributed by atoms with van der Waals surface area (Å²) in [5.74, 6) is -2.25. The van der Waals surface area contributed by atoms with Gasteiger partial charge in [-0.05, 0) is 25.6 Å². The smallest absolute Gasteiger partial charge is 0.259 e. The van der Waals surface area contributed by atoms with Gasteiger partial charge in [-0.1, -0.05) is 15.9 Å². The first-order valence-electron chi connectivity index (χ1n) is 5.64. The minimum Gasteiger partial charge on any atom is -0.337 e. The van der Waals surface area contributed by atoms with Crippen molar-refractivity contribution < 1.29 is 13.6 Å². The van der Waals surface area contributed by atoms with Crippen LogP contribution in [0.25, 0.3) is 0 Å². The van der Waals surface area contributed by atoms with Gasteiger partial charge in [0.25, 0.3) is 5.91 Å². The van der Waals surface area contributed by atoms with E-state index in [0.717, 1.165) is 18.6 Å². The molecule has 18 heavy (non-hydrogen) atoms. The third-order valence-corrected chi connectivity index (χ3v) is 3.56. The first-order chi connectivity index (χ1) is 8.52. The molecule has 0 radical (unpaired) electrons. The summed E-state index contributed by atoms with van der Waals surface area (Å²) in [4.78, 5) is 13.5. The fourth-order valence-electron chi connectivity index (χ4n) is 2.08. The topological polar surface area (TPSA) is 32.3 Å². The Labute approximate surface area is 112 Å². The van der Waals surface area contributed by atoms with Crippen LogP contribution in [0, 0.1) is 11.6 Å². The molecule has 98 valence electrons. The molecule has 1 unspecified atom stereocenters. The molecule has 6 heteroatoms. The number of rotatable bonds is 2. The van der Waals surface area contributed by atoms with Crippen LogP contribution in [0.2, 0.25) is 0 Å². The summed E-state index contributed by atoms with van der Waals surface area (Å²) in [6.07, 6.45) is 0.794. The molecule has 1 aromatic rings. The molecule has 2 rings (SSSR count). The van der Waals surface area contributed by atoms with Gasteiger partial charge >= 0.3 is 0 Å². The number of likely N-dealkylation sites (N-methyl/N-ethyl adjacent to an activating group) is 1. The van der Waals surface area contributed by atoms with Crippen LogP contribution in [0.3, 0.4) is 0 Å². The lowest BCUT2D eigenvalue weighted by Crippen LogP contribution is -2.34. The van der Waals surface area contributed by atoms with Crippen molar-refractivity contribution in [3.05, 3.63) is 33.8 Å². The normalized spacial score (nSPS) is 19.3. The molecule has 3 nitrogen and oxygen atoms in total. The first-order valence-corrected chi connectivity index (χ1v) is 6.43. The van der Waals surface area contributed by atoms with E-state index in [1.807, 2.05) is 0 Å². The Balaban J connectivity index is 2.25. The molecular formula is C12H13BrF2N2O. The number of nitrogens with one attached hydrogen (secondary N) is 1. The summed E-state index contributed by atoms with van der Waals surface area (Å²) in [6, 6.07) is 2.39. The Morgan fingerprint density at radius 2 is 2.06 bits per heavy atom. The van der Waals surface area contributed by atoms with E-state index in [9.17, 15) is 13.6 Å². The van der Waals surface area contributed by atoms with Crippen LogP contribution in [-0.2, 0) is 0 Å². The van der Waals surface area contributed by atoms with E-state index < -0.39 is 23.1 Å². The molecule has 0 spiro atoms. The summed E-state index contributed by atoms with van der Waals surface area (Å²) in [6.45, 7) is 0.990. The lowest BCUT2D eigenvalue weighted by atomic mass is 10.1. The second-order valence-electron chi connectivity index (χ2n) is 4.27. The largest absolute Gasteiger partial charge is 0.337 e. The van der Waals surface area contributed by atoms with E-state index in [1.165, 1.54) is 4.90 Å². The molecule has 0 saturated carbocycles. The van der Waals surface area contributed by atoms with Crippen LogP contribution < -0.4 is 5.32 Å². The number of benzene rings is 1. The average Bonchev–Trinajstić information content (AvgIpc) is 2.75. The van der Waals surface area contributed by atoms with Gasteiger partial charge in [-0.25, -0.2) is 8.78 Å². The first kappa shape index (κ1) is 13.4. The number of nitrogens with zero attached hydrogens (tertiary/aromatic N) is 1. The summed E-state index contributed by atoms with van der Waals surface area (Å²) < 4.78 is 27.6.